The Morgan fingerprint density at radius 2 is 1.74 bits per heavy atom. The van der Waals surface area contributed by atoms with Gasteiger partial charge >= 0.3 is 11.9 Å². The number of piperidine rings is 1. The van der Waals surface area contributed by atoms with E-state index in [1.54, 1.807) is 11.0 Å². The van der Waals surface area contributed by atoms with Crippen LogP contribution in [0.4, 0.5) is 5.69 Å². The molecule has 1 aromatic carbocycles. The van der Waals surface area contributed by atoms with E-state index in [0.717, 1.165) is 4.31 Å². The van der Waals surface area contributed by atoms with E-state index >= 15 is 0 Å². The van der Waals surface area contributed by atoms with E-state index in [2.05, 4.69) is 0 Å². The van der Waals surface area contributed by atoms with Gasteiger partial charge in [-0.2, -0.15) is 0 Å². The summed E-state index contributed by atoms with van der Waals surface area (Å²) in [4.78, 5) is 40.7. The lowest BCUT2D eigenvalue weighted by Crippen LogP contribution is -2.42. The fourth-order valence-corrected chi connectivity index (χ4v) is 4.89. The van der Waals surface area contributed by atoms with Gasteiger partial charge < -0.3 is 24.0 Å². The van der Waals surface area contributed by atoms with Crippen molar-refractivity contribution in [3.8, 4) is 0 Å². The number of hydrogen-bond donors (Lipinski definition) is 0. The lowest BCUT2D eigenvalue weighted by molar-refractivity contribution is -0.149. The van der Waals surface area contributed by atoms with Crippen LogP contribution in [0.3, 0.4) is 0 Å². The molecule has 0 N–H and O–H groups in total. The van der Waals surface area contributed by atoms with Gasteiger partial charge in [0, 0.05) is 40.3 Å². The highest BCUT2D eigenvalue weighted by atomic mass is 32.2. The second-order valence-electron chi connectivity index (χ2n) is 8.32. The standard InChI is InChI=1S/C22H31N3O8S/c1-23(2)34(29,30)17-4-5-19(24-10-12-32-13-11-24)18(14-17)22(28)33-15-20(26)25-8-6-16(7-9-25)21(27)31-3/h4-5,14,16H,6-13,15H2,1-3H3. The fourth-order valence-electron chi connectivity index (χ4n) is 3.96. The molecule has 0 unspecified atom stereocenters. The number of nitrogens with zero attached hydrogens (tertiary/aromatic N) is 3. The number of likely N-dealkylation sites (tertiary alicyclic amines) is 1. The molecule has 2 aliphatic rings. The van der Waals surface area contributed by atoms with Crippen molar-refractivity contribution < 1.29 is 37.0 Å². The molecule has 0 aliphatic carbocycles. The van der Waals surface area contributed by atoms with Crippen LogP contribution in [0.15, 0.2) is 23.1 Å². The Bertz CT molecular complexity index is 1010. The number of hydrogen-bond acceptors (Lipinski definition) is 9. The Morgan fingerprint density at radius 1 is 1.09 bits per heavy atom. The lowest BCUT2D eigenvalue weighted by Gasteiger charge is -2.31. The number of benzene rings is 1. The molecule has 1 aromatic rings. The first-order chi connectivity index (χ1) is 16.1. The molecule has 2 heterocycles. The van der Waals surface area contributed by atoms with Crippen LogP contribution < -0.4 is 4.90 Å². The van der Waals surface area contributed by atoms with Crippen LogP contribution in [-0.4, -0.2) is 103 Å². The molecule has 0 atom stereocenters. The van der Waals surface area contributed by atoms with Crippen molar-refractivity contribution in [3.63, 3.8) is 0 Å². The van der Waals surface area contributed by atoms with Gasteiger partial charge in [0.2, 0.25) is 10.0 Å². The highest BCUT2D eigenvalue weighted by Gasteiger charge is 2.29. The average molecular weight is 498 g/mol. The van der Waals surface area contributed by atoms with Gasteiger partial charge in [0.1, 0.15) is 0 Å². The first-order valence-electron chi connectivity index (χ1n) is 11.1. The lowest BCUT2D eigenvalue weighted by atomic mass is 9.97. The van der Waals surface area contributed by atoms with E-state index in [4.69, 9.17) is 14.2 Å². The maximum absolute atomic E-state index is 13.0. The second-order valence-corrected chi connectivity index (χ2v) is 10.5. The van der Waals surface area contributed by atoms with Crippen LogP contribution in [0.25, 0.3) is 0 Å². The smallest absolute Gasteiger partial charge is 0.340 e. The first kappa shape index (κ1) is 25.9. The molecule has 188 valence electrons. The zero-order valence-corrected chi connectivity index (χ0v) is 20.5. The molecule has 12 heteroatoms. The van der Waals surface area contributed by atoms with Crippen molar-refractivity contribution in [1.82, 2.24) is 9.21 Å². The third-order valence-corrected chi connectivity index (χ3v) is 7.84. The minimum Gasteiger partial charge on any atom is -0.469 e. The molecule has 0 saturated carbocycles. The molecule has 3 rings (SSSR count). The second kappa shape index (κ2) is 11.2. The summed E-state index contributed by atoms with van der Waals surface area (Å²) in [5, 5.41) is 0. The number of morpholine rings is 1. The van der Waals surface area contributed by atoms with Crippen molar-refractivity contribution in [3.05, 3.63) is 23.8 Å². The summed E-state index contributed by atoms with van der Waals surface area (Å²) in [7, 11) is 0.379. The quantitative estimate of drug-likeness (QED) is 0.491. The number of methoxy groups -OCH3 is 1. The van der Waals surface area contributed by atoms with Crippen molar-refractivity contribution in [2.45, 2.75) is 17.7 Å². The predicted octanol–water partition coefficient (Wildman–Crippen LogP) is 0.342. The van der Waals surface area contributed by atoms with Crippen molar-refractivity contribution in [2.24, 2.45) is 5.92 Å². The number of esters is 2. The van der Waals surface area contributed by atoms with Gasteiger partial charge in [0.25, 0.3) is 5.91 Å². The zero-order valence-electron chi connectivity index (χ0n) is 19.7. The maximum atomic E-state index is 13.0. The largest absolute Gasteiger partial charge is 0.469 e. The molecule has 0 aromatic heterocycles. The summed E-state index contributed by atoms with van der Waals surface area (Å²) < 4.78 is 41.7. The number of carbonyl (C=O) groups is 3. The van der Waals surface area contributed by atoms with Crippen LogP contribution in [-0.2, 0) is 33.8 Å². The minimum absolute atomic E-state index is 0.0438. The molecule has 0 radical (unpaired) electrons. The summed E-state index contributed by atoms with van der Waals surface area (Å²) in [5.41, 5.74) is 0.597. The van der Waals surface area contributed by atoms with Gasteiger partial charge in [-0.05, 0) is 31.0 Å². The number of sulfonamides is 1. The van der Waals surface area contributed by atoms with E-state index in [0.29, 0.717) is 57.9 Å². The predicted molar refractivity (Wildman–Crippen MR) is 122 cm³/mol. The third kappa shape index (κ3) is 5.86. The molecule has 2 aliphatic heterocycles. The number of rotatable bonds is 7. The van der Waals surface area contributed by atoms with E-state index in [1.165, 1.54) is 33.3 Å². The maximum Gasteiger partial charge on any atom is 0.340 e. The Morgan fingerprint density at radius 3 is 2.32 bits per heavy atom. The number of amides is 1. The van der Waals surface area contributed by atoms with E-state index in [1.807, 2.05) is 4.90 Å². The molecular formula is C22H31N3O8S. The monoisotopic (exact) mass is 497 g/mol. The minimum atomic E-state index is -3.77. The summed E-state index contributed by atoms with van der Waals surface area (Å²) in [6.07, 6.45) is 0.968. The van der Waals surface area contributed by atoms with Crippen LogP contribution in [0, 0.1) is 5.92 Å². The van der Waals surface area contributed by atoms with Crippen LogP contribution >= 0.6 is 0 Å². The summed E-state index contributed by atoms with van der Waals surface area (Å²) >= 11 is 0. The highest BCUT2D eigenvalue weighted by molar-refractivity contribution is 7.89. The topological polar surface area (TPSA) is 123 Å². The van der Waals surface area contributed by atoms with Crippen molar-refractivity contribution in [2.75, 3.05) is 72.1 Å². The van der Waals surface area contributed by atoms with E-state index in [9.17, 15) is 22.8 Å². The van der Waals surface area contributed by atoms with Crippen molar-refractivity contribution >= 4 is 33.6 Å². The molecular weight excluding hydrogens is 466 g/mol. The van der Waals surface area contributed by atoms with Gasteiger partial charge in [-0.15, -0.1) is 0 Å². The summed E-state index contributed by atoms with van der Waals surface area (Å²) in [5.74, 6) is -1.69. The van der Waals surface area contributed by atoms with Gasteiger partial charge in [-0.25, -0.2) is 17.5 Å². The molecule has 2 fully saturated rings. The normalized spacial score (nSPS) is 17.5. The average Bonchev–Trinajstić information content (AvgIpc) is 2.86. The van der Waals surface area contributed by atoms with E-state index < -0.39 is 22.6 Å². The molecule has 2 saturated heterocycles. The summed E-state index contributed by atoms with van der Waals surface area (Å²) in [6, 6.07) is 4.32. The molecule has 0 spiro atoms. The fraction of sp³-hybridized carbons (Fsp3) is 0.591. The molecule has 0 bridgehead atoms. The Hall–Kier alpha value is -2.70. The third-order valence-electron chi connectivity index (χ3n) is 6.03. The van der Waals surface area contributed by atoms with E-state index in [-0.39, 0.29) is 28.3 Å². The van der Waals surface area contributed by atoms with Gasteiger partial charge in [0.15, 0.2) is 6.61 Å². The van der Waals surface area contributed by atoms with Crippen LogP contribution in [0.2, 0.25) is 0 Å². The van der Waals surface area contributed by atoms with Crippen LogP contribution in [0.5, 0.6) is 0 Å². The molecule has 11 nitrogen and oxygen atoms in total. The Kier molecular flexibility index (Phi) is 8.50. The zero-order chi connectivity index (χ0) is 24.9. The SMILES string of the molecule is COC(=O)C1CCN(C(=O)COC(=O)c2cc(S(=O)(=O)N(C)C)ccc2N2CCOCC2)CC1. The van der Waals surface area contributed by atoms with Gasteiger partial charge in [0.05, 0.1) is 42.4 Å². The Balaban J connectivity index is 1.73. The molecule has 1 amide bonds. The number of ether oxygens (including phenoxy) is 3. The van der Waals surface area contributed by atoms with Crippen molar-refractivity contribution in [1.29, 1.82) is 0 Å². The van der Waals surface area contributed by atoms with Crippen LogP contribution in [0.1, 0.15) is 23.2 Å². The first-order valence-corrected chi connectivity index (χ1v) is 12.5. The van der Waals surface area contributed by atoms with Gasteiger partial charge in [-0.1, -0.05) is 0 Å². The number of anilines is 1. The van der Waals surface area contributed by atoms with Gasteiger partial charge in [-0.3, -0.25) is 9.59 Å². The summed E-state index contributed by atoms with van der Waals surface area (Å²) in [6.45, 7) is 2.28. The molecule has 34 heavy (non-hydrogen) atoms. The Labute approximate surface area is 199 Å². The number of carbonyl (C=O) groups excluding carboxylic acids is 3. The highest BCUT2D eigenvalue weighted by Crippen LogP contribution is 2.27.